The van der Waals surface area contributed by atoms with E-state index in [4.69, 9.17) is 4.74 Å². The van der Waals surface area contributed by atoms with E-state index < -0.39 is 12.7 Å². The Hall–Kier alpha value is -2.38. The standard InChI is InChI=1S/C24H30F2N2O4/c1-31-19-5-4-17(10-20(19)32-23(25)26)27-21(29)18-3-2-6-28(18)22(30)24-11-14-7-15(12-24)9-16(8-14)13-24/h4-5,10,14-16,18,23H,2-3,6-9,11-13H2,1H3,(H,27,29). The molecule has 4 bridgehead atoms. The van der Waals surface area contributed by atoms with Crippen molar-refractivity contribution in [2.75, 3.05) is 19.0 Å². The zero-order chi connectivity index (χ0) is 22.5. The average molecular weight is 449 g/mol. The van der Waals surface area contributed by atoms with Gasteiger partial charge >= 0.3 is 6.61 Å². The van der Waals surface area contributed by atoms with Crippen molar-refractivity contribution in [1.82, 2.24) is 4.90 Å². The molecule has 5 aliphatic rings. The summed E-state index contributed by atoms with van der Waals surface area (Å²) >= 11 is 0. The predicted octanol–water partition coefficient (Wildman–Crippen LogP) is 4.44. The first kappa shape index (κ1) is 21.5. The highest BCUT2D eigenvalue weighted by molar-refractivity contribution is 5.98. The molecule has 4 aliphatic carbocycles. The van der Waals surface area contributed by atoms with Crippen LogP contribution in [0.15, 0.2) is 18.2 Å². The Labute approximate surface area is 186 Å². The number of nitrogens with zero attached hydrogens (tertiary/aromatic N) is 1. The Kier molecular flexibility index (Phi) is 5.50. The molecular formula is C24H30F2N2O4. The van der Waals surface area contributed by atoms with E-state index in [1.807, 2.05) is 0 Å². The number of hydrogen-bond acceptors (Lipinski definition) is 4. The van der Waals surface area contributed by atoms with E-state index in [1.165, 1.54) is 38.5 Å². The van der Waals surface area contributed by atoms with Crippen molar-refractivity contribution in [3.05, 3.63) is 18.2 Å². The number of ether oxygens (including phenoxy) is 2. The van der Waals surface area contributed by atoms with Crippen LogP contribution in [0.2, 0.25) is 0 Å². The van der Waals surface area contributed by atoms with Crippen LogP contribution in [0.4, 0.5) is 14.5 Å². The quantitative estimate of drug-likeness (QED) is 0.699. The molecule has 2 amide bonds. The molecule has 0 aromatic heterocycles. The monoisotopic (exact) mass is 448 g/mol. The number of nitrogens with one attached hydrogen (secondary N) is 1. The molecule has 0 radical (unpaired) electrons. The van der Waals surface area contributed by atoms with Gasteiger partial charge in [-0.15, -0.1) is 0 Å². The third-order valence-electron chi connectivity index (χ3n) is 7.96. The van der Waals surface area contributed by atoms with Crippen LogP contribution in [-0.4, -0.2) is 43.0 Å². The van der Waals surface area contributed by atoms with Gasteiger partial charge in [0.05, 0.1) is 12.5 Å². The van der Waals surface area contributed by atoms with Gasteiger partial charge in [-0.1, -0.05) is 0 Å². The molecule has 1 saturated heterocycles. The van der Waals surface area contributed by atoms with Gasteiger partial charge in [-0.3, -0.25) is 9.59 Å². The molecule has 1 unspecified atom stereocenters. The van der Waals surface area contributed by atoms with Gasteiger partial charge in [-0.25, -0.2) is 0 Å². The molecule has 174 valence electrons. The van der Waals surface area contributed by atoms with Crippen LogP contribution in [0, 0.1) is 23.2 Å². The van der Waals surface area contributed by atoms with Crippen molar-refractivity contribution in [3.63, 3.8) is 0 Å². The Morgan fingerprint density at radius 2 is 1.75 bits per heavy atom. The van der Waals surface area contributed by atoms with E-state index in [-0.39, 0.29) is 28.7 Å². The first-order chi connectivity index (χ1) is 15.4. The van der Waals surface area contributed by atoms with E-state index >= 15 is 0 Å². The second-order valence-electron chi connectivity index (χ2n) is 10.1. The number of methoxy groups -OCH3 is 1. The molecule has 1 N–H and O–H groups in total. The van der Waals surface area contributed by atoms with Gasteiger partial charge in [0.1, 0.15) is 6.04 Å². The second-order valence-corrected chi connectivity index (χ2v) is 10.1. The molecule has 1 atom stereocenters. The molecule has 6 rings (SSSR count). The molecule has 1 aromatic carbocycles. The number of carbonyl (C=O) groups excluding carboxylic acids is 2. The third-order valence-corrected chi connectivity index (χ3v) is 7.96. The number of likely N-dealkylation sites (tertiary alicyclic amines) is 1. The molecular weight excluding hydrogens is 418 g/mol. The normalized spacial score (nSPS) is 32.9. The highest BCUT2D eigenvalue weighted by Gasteiger charge is 2.56. The van der Waals surface area contributed by atoms with Crippen LogP contribution < -0.4 is 14.8 Å². The first-order valence-electron chi connectivity index (χ1n) is 11.6. The van der Waals surface area contributed by atoms with E-state index in [1.54, 1.807) is 11.0 Å². The van der Waals surface area contributed by atoms with Gasteiger partial charge < -0.3 is 19.7 Å². The fourth-order valence-electron chi connectivity index (χ4n) is 7.13. The maximum absolute atomic E-state index is 13.8. The van der Waals surface area contributed by atoms with Crippen molar-refractivity contribution in [1.29, 1.82) is 0 Å². The molecule has 1 aromatic rings. The number of halogens is 2. The van der Waals surface area contributed by atoms with Gasteiger partial charge in [0.25, 0.3) is 0 Å². The molecule has 8 heteroatoms. The summed E-state index contributed by atoms with van der Waals surface area (Å²) in [5, 5.41) is 2.79. The fourth-order valence-corrected chi connectivity index (χ4v) is 7.13. The number of benzene rings is 1. The molecule has 5 fully saturated rings. The Bertz CT molecular complexity index is 871. The molecule has 1 heterocycles. The third kappa shape index (κ3) is 3.82. The molecule has 0 spiro atoms. The van der Waals surface area contributed by atoms with Gasteiger partial charge in [-0.05, 0) is 81.3 Å². The minimum atomic E-state index is -3.00. The van der Waals surface area contributed by atoms with Crippen LogP contribution in [0.3, 0.4) is 0 Å². The molecule has 6 nitrogen and oxygen atoms in total. The van der Waals surface area contributed by atoms with Crippen molar-refractivity contribution in [2.24, 2.45) is 23.2 Å². The Balaban J connectivity index is 1.31. The zero-order valence-corrected chi connectivity index (χ0v) is 18.3. The summed E-state index contributed by atoms with van der Waals surface area (Å²) in [4.78, 5) is 28.7. The predicted molar refractivity (Wildman–Crippen MR) is 114 cm³/mol. The van der Waals surface area contributed by atoms with Crippen LogP contribution in [0.5, 0.6) is 11.5 Å². The van der Waals surface area contributed by atoms with E-state index in [0.717, 1.165) is 25.7 Å². The lowest BCUT2D eigenvalue weighted by Gasteiger charge is -2.56. The maximum atomic E-state index is 13.8. The summed E-state index contributed by atoms with van der Waals surface area (Å²) in [6.45, 7) is -2.40. The largest absolute Gasteiger partial charge is 0.493 e. The van der Waals surface area contributed by atoms with Crippen LogP contribution >= 0.6 is 0 Å². The van der Waals surface area contributed by atoms with E-state index in [2.05, 4.69) is 10.1 Å². The Morgan fingerprint density at radius 3 is 2.34 bits per heavy atom. The van der Waals surface area contributed by atoms with Gasteiger partial charge in [0.2, 0.25) is 11.8 Å². The lowest BCUT2D eigenvalue weighted by molar-refractivity contribution is -0.160. The summed E-state index contributed by atoms with van der Waals surface area (Å²) < 4.78 is 35.0. The number of amides is 2. The average Bonchev–Trinajstić information content (AvgIpc) is 3.22. The minimum Gasteiger partial charge on any atom is -0.493 e. The van der Waals surface area contributed by atoms with Crippen LogP contribution in [-0.2, 0) is 9.59 Å². The lowest BCUT2D eigenvalue weighted by Crippen LogP contribution is -2.56. The summed E-state index contributed by atoms with van der Waals surface area (Å²) in [7, 11) is 1.36. The molecule has 1 aliphatic heterocycles. The van der Waals surface area contributed by atoms with Crippen molar-refractivity contribution < 1.29 is 27.8 Å². The van der Waals surface area contributed by atoms with Crippen molar-refractivity contribution >= 4 is 17.5 Å². The van der Waals surface area contributed by atoms with E-state index in [0.29, 0.717) is 36.4 Å². The molecule has 32 heavy (non-hydrogen) atoms. The van der Waals surface area contributed by atoms with Crippen LogP contribution in [0.1, 0.15) is 51.4 Å². The van der Waals surface area contributed by atoms with Gasteiger partial charge in [0, 0.05) is 18.3 Å². The zero-order valence-electron chi connectivity index (χ0n) is 18.3. The summed E-state index contributed by atoms with van der Waals surface area (Å²) in [6.07, 6.45) is 8.09. The number of rotatable bonds is 6. The summed E-state index contributed by atoms with van der Waals surface area (Å²) in [5.41, 5.74) is 0.0521. The van der Waals surface area contributed by atoms with E-state index in [9.17, 15) is 18.4 Å². The second kappa shape index (κ2) is 8.19. The summed E-state index contributed by atoms with van der Waals surface area (Å²) in [5.74, 6) is 1.86. The maximum Gasteiger partial charge on any atom is 0.387 e. The van der Waals surface area contributed by atoms with Crippen LogP contribution in [0.25, 0.3) is 0 Å². The van der Waals surface area contributed by atoms with Gasteiger partial charge in [0.15, 0.2) is 11.5 Å². The SMILES string of the molecule is COc1ccc(NC(=O)C2CCCN2C(=O)C23CC4CC(CC(C4)C2)C3)cc1OC(F)F. The van der Waals surface area contributed by atoms with Crippen molar-refractivity contribution in [3.8, 4) is 11.5 Å². The molecule has 4 saturated carbocycles. The topological polar surface area (TPSA) is 67.9 Å². The minimum absolute atomic E-state index is 0.145. The highest BCUT2D eigenvalue weighted by atomic mass is 19.3. The smallest absolute Gasteiger partial charge is 0.387 e. The fraction of sp³-hybridized carbons (Fsp3) is 0.667. The number of hydrogen-bond donors (Lipinski definition) is 1. The number of alkyl halides is 2. The first-order valence-corrected chi connectivity index (χ1v) is 11.6. The summed E-state index contributed by atoms with van der Waals surface area (Å²) in [6, 6.07) is 3.84. The Morgan fingerprint density at radius 1 is 1.09 bits per heavy atom. The number of carbonyl (C=O) groups is 2. The van der Waals surface area contributed by atoms with Crippen molar-refractivity contribution in [2.45, 2.75) is 64.0 Å². The lowest BCUT2D eigenvalue weighted by atomic mass is 9.49. The number of anilines is 1. The highest BCUT2D eigenvalue weighted by Crippen LogP contribution is 2.60. The van der Waals surface area contributed by atoms with Gasteiger partial charge in [-0.2, -0.15) is 8.78 Å².